The summed E-state index contributed by atoms with van der Waals surface area (Å²) in [5.41, 5.74) is 6.58. The molecule has 2 aliphatic rings. The highest BCUT2D eigenvalue weighted by Gasteiger charge is 2.52. The van der Waals surface area contributed by atoms with Crippen LogP contribution in [0.3, 0.4) is 0 Å². The van der Waals surface area contributed by atoms with Crippen molar-refractivity contribution in [1.82, 2.24) is 0 Å². The zero-order valence-corrected chi connectivity index (χ0v) is 10.3. The van der Waals surface area contributed by atoms with Gasteiger partial charge in [0.25, 0.3) is 0 Å². The van der Waals surface area contributed by atoms with Gasteiger partial charge in [-0.1, -0.05) is 39.0 Å². The van der Waals surface area contributed by atoms with Crippen LogP contribution in [0, 0.1) is 17.3 Å². The van der Waals surface area contributed by atoms with Gasteiger partial charge >= 0.3 is 0 Å². The molecule has 2 N–H and O–H groups in total. The lowest BCUT2D eigenvalue weighted by atomic mass is 9.78. The third-order valence-electron chi connectivity index (χ3n) is 4.70. The van der Waals surface area contributed by atoms with Gasteiger partial charge in [0.2, 0.25) is 0 Å². The van der Waals surface area contributed by atoms with E-state index < -0.39 is 0 Å². The predicted molar refractivity (Wildman–Crippen MR) is 65.7 cm³/mol. The fourth-order valence-electron chi connectivity index (χ4n) is 3.58. The fraction of sp³-hybridized carbons (Fsp3) is 1.00. The molecule has 2 rings (SSSR count). The second kappa shape index (κ2) is 4.86. The van der Waals surface area contributed by atoms with E-state index in [1.54, 1.807) is 0 Å². The van der Waals surface area contributed by atoms with E-state index in [4.69, 9.17) is 5.73 Å². The summed E-state index contributed by atoms with van der Waals surface area (Å²) in [5.74, 6) is 2.17. The van der Waals surface area contributed by atoms with Crippen molar-refractivity contribution in [3.63, 3.8) is 0 Å². The van der Waals surface area contributed by atoms with Gasteiger partial charge in [-0.05, 0) is 49.5 Å². The van der Waals surface area contributed by atoms with Crippen molar-refractivity contribution in [1.29, 1.82) is 0 Å². The molecule has 0 aromatic heterocycles. The maximum Gasteiger partial charge on any atom is -0.00203 e. The quantitative estimate of drug-likeness (QED) is 0.635. The minimum absolute atomic E-state index is 0.583. The number of rotatable bonds is 7. The summed E-state index contributed by atoms with van der Waals surface area (Å²) >= 11 is 0. The fourth-order valence-corrected chi connectivity index (χ4v) is 3.58. The molecule has 2 unspecified atom stereocenters. The minimum atomic E-state index is 0.583. The summed E-state index contributed by atoms with van der Waals surface area (Å²) in [6, 6.07) is 0. The normalized spacial score (nSPS) is 38.0. The average molecular weight is 209 g/mol. The van der Waals surface area contributed by atoms with Crippen molar-refractivity contribution < 1.29 is 0 Å². The van der Waals surface area contributed by atoms with E-state index in [9.17, 15) is 0 Å². The van der Waals surface area contributed by atoms with Crippen LogP contribution in [-0.4, -0.2) is 6.54 Å². The first-order valence-electron chi connectivity index (χ1n) is 7.00. The van der Waals surface area contributed by atoms with Gasteiger partial charge in [-0.3, -0.25) is 0 Å². The van der Waals surface area contributed by atoms with Crippen LogP contribution in [0.1, 0.15) is 64.7 Å². The molecule has 0 aliphatic heterocycles. The Kier molecular flexibility index (Phi) is 3.71. The molecule has 0 aromatic rings. The van der Waals surface area contributed by atoms with Gasteiger partial charge in [0.1, 0.15) is 0 Å². The number of fused-ring (bicyclic) bond motifs is 1. The summed E-state index contributed by atoms with van der Waals surface area (Å²) in [7, 11) is 0. The highest BCUT2D eigenvalue weighted by Crippen LogP contribution is 2.61. The molecule has 2 fully saturated rings. The van der Waals surface area contributed by atoms with E-state index in [1.165, 1.54) is 57.8 Å². The monoisotopic (exact) mass is 209 g/mol. The Hall–Kier alpha value is -0.0400. The second-order valence-electron chi connectivity index (χ2n) is 6.03. The minimum Gasteiger partial charge on any atom is -0.330 e. The molecule has 0 saturated heterocycles. The molecule has 1 nitrogen and oxygen atoms in total. The van der Waals surface area contributed by atoms with E-state index in [2.05, 4.69) is 6.92 Å². The molecule has 1 heteroatoms. The summed E-state index contributed by atoms with van der Waals surface area (Å²) in [6.45, 7) is 3.24. The molecular weight excluding hydrogens is 182 g/mol. The smallest absolute Gasteiger partial charge is 0.00203 e. The Morgan fingerprint density at radius 3 is 2.33 bits per heavy atom. The molecule has 0 bridgehead atoms. The molecule has 0 spiro atoms. The standard InChI is InChI=1S/C14H27N/c1-2-3-4-5-6-7-14(11-15)9-12-8-13(12)10-14/h12-13H,2-11,15H2,1H3. The lowest BCUT2D eigenvalue weighted by Crippen LogP contribution is -2.28. The number of unbranched alkanes of at least 4 members (excludes halogenated alkanes) is 4. The summed E-state index contributed by atoms with van der Waals surface area (Å²) in [5, 5.41) is 0. The summed E-state index contributed by atoms with van der Waals surface area (Å²) in [4.78, 5) is 0. The molecule has 0 radical (unpaired) electrons. The molecule has 0 heterocycles. The number of nitrogens with two attached hydrogens (primary N) is 1. The van der Waals surface area contributed by atoms with Crippen molar-refractivity contribution in [3.05, 3.63) is 0 Å². The van der Waals surface area contributed by atoms with E-state index >= 15 is 0 Å². The SMILES string of the molecule is CCCCCCCC1(CN)CC2CC2C1. The van der Waals surface area contributed by atoms with Crippen LogP contribution in [0.2, 0.25) is 0 Å². The summed E-state index contributed by atoms with van der Waals surface area (Å²) < 4.78 is 0. The van der Waals surface area contributed by atoms with Crippen LogP contribution in [0.5, 0.6) is 0 Å². The van der Waals surface area contributed by atoms with Crippen molar-refractivity contribution in [2.24, 2.45) is 23.0 Å². The van der Waals surface area contributed by atoms with Gasteiger partial charge in [-0.15, -0.1) is 0 Å². The van der Waals surface area contributed by atoms with Crippen LogP contribution in [0.15, 0.2) is 0 Å². The van der Waals surface area contributed by atoms with Gasteiger partial charge in [-0.25, -0.2) is 0 Å². The molecule has 0 aromatic carbocycles. The Morgan fingerprint density at radius 2 is 1.73 bits per heavy atom. The first-order valence-corrected chi connectivity index (χ1v) is 7.00. The van der Waals surface area contributed by atoms with E-state index in [0.29, 0.717) is 5.41 Å². The van der Waals surface area contributed by atoms with Gasteiger partial charge in [0, 0.05) is 0 Å². The lowest BCUT2D eigenvalue weighted by molar-refractivity contribution is 0.242. The Bertz CT molecular complexity index is 190. The van der Waals surface area contributed by atoms with E-state index in [1.807, 2.05) is 0 Å². The average Bonchev–Trinajstić information content (AvgIpc) is 2.87. The Balaban J connectivity index is 1.63. The zero-order valence-electron chi connectivity index (χ0n) is 10.3. The van der Waals surface area contributed by atoms with E-state index in [-0.39, 0.29) is 0 Å². The lowest BCUT2D eigenvalue weighted by Gasteiger charge is -2.29. The third-order valence-corrected chi connectivity index (χ3v) is 4.70. The number of hydrogen-bond acceptors (Lipinski definition) is 1. The largest absolute Gasteiger partial charge is 0.330 e. The Labute approximate surface area is 94.8 Å². The number of hydrogen-bond donors (Lipinski definition) is 1. The summed E-state index contributed by atoms with van der Waals surface area (Å²) in [6.07, 6.45) is 12.9. The topological polar surface area (TPSA) is 26.0 Å². The van der Waals surface area contributed by atoms with Crippen molar-refractivity contribution in [3.8, 4) is 0 Å². The van der Waals surface area contributed by atoms with Crippen LogP contribution >= 0.6 is 0 Å². The second-order valence-corrected chi connectivity index (χ2v) is 6.03. The van der Waals surface area contributed by atoms with Crippen LogP contribution in [0.4, 0.5) is 0 Å². The molecular formula is C14H27N. The third kappa shape index (κ3) is 2.75. The predicted octanol–water partition coefficient (Wildman–Crippen LogP) is 3.72. The molecule has 15 heavy (non-hydrogen) atoms. The first kappa shape index (κ1) is 11.4. The highest BCUT2D eigenvalue weighted by molar-refractivity contribution is 5.03. The van der Waals surface area contributed by atoms with Gasteiger partial charge in [-0.2, -0.15) is 0 Å². The molecule has 2 atom stereocenters. The van der Waals surface area contributed by atoms with Crippen molar-refractivity contribution in [2.75, 3.05) is 6.54 Å². The molecule has 2 saturated carbocycles. The van der Waals surface area contributed by atoms with Gasteiger partial charge in [0.15, 0.2) is 0 Å². The first-order chi connectivity index (χ1) is 7.29. The Morgan fingerprint density at radius 1 is 1.07 bits per heavy atom. The van der Waals surface area contributed by atoms with Crippen molar-refractivity contribution >= 4 is 0 Å². The zero-order chi connectivity index (χ0) is 10.7. The maximum absolute atomic E-state index is 5.99. The van der Waals surface area contributed by atoms with E-state index in [0.717, 1.165) is 18.4 Å². The maximum atomic E-state index is 5.99. The molecule has 2 aliphatic carbocycles. The van der Waals surface area contributed by atoms with Crippen LogP contribution < -0.4 is 5.73 Å². The molecule has 88 valence electrons. The van der Waals surface area contributed by atoms with Gasteiger partial charge in [0.05, 0.1) is 0 Å². The van der Waals surface area contributed by atoms with Gasteiger partial charge < -0.3 is 5.73 Å². The highest BCUT2D eigenvalue weighted by atomic mass is 14.7. The van der Waals surface area contributed by atoms with Crippen LogP contribution in [0.25, 0.3) is 0 Å². The van der Waals surface area contributed by atoms with Crippen molar-refractivity contribution in [2.45, 2.75) is 64.7 Å². The van der Waals surface area contributed by atoms with Crippen LogP contribution in [-0.2, 0) is 0 Å². The molecule has 0 amide bonds.